The Labute approximate surface area is 244 Å². The molecule has 3 aromatic carbocycles. The summed E-state index contributed by atoms with van der Waals surface area (Å²) in [6.45, 7) is 0.606. The second kappa shape index (κ2) is 13.3. The number of hydrogen-bond donors (Lipinski definition) is 2. The summed E-state index contributed by atoms with van der Waals surface area (Å²) in [6.07, 6.45) is 3.69. The summed E-state index contributed by atoms with van der Waals surface area (Å²) in [7, 11) is 1.55. The molecule has 1 aromatic heterocycles. The fraction of sp³-hybridized carbons (Fsp3) is 0.333. The van der Waals surface area contributed by atoms with Crippen molar-refractivity contribution in [3.05, 3.63) is 105 Å². The fourth-order valence-electron chi connectivity index (χ4n) is 5.71. The maximum atomic E-state index is 13.6. The van der Waals surface area contributed by atoms with E-state index in [1.165, 1.54) is 14.7 Å². The van der Waals surface area contributed by atoms with Crippen LogP contribution in [0.5, 0.6) is 5.75 Å². The number of anilines is 1. The van der Waals surface area contributed by atoms with Crippen LogP contribution in [0.3, 0.4) is 0 Å². The van der Waals surface area contributed by atoms with Gasteiger partial charge in [0, 0.05) is 30.8 Å². The molecule has 1 saturated carbocycles. The van der Waals surface area contributed by atoms with Crippen LogP contribution >= 0.6 is 0 Å². The van der Waals surface area contributed by atoms with Gasteiger partial charge < -0.3 is 15.4 Å². The molecule has 5 rings (SSSR count). The summed E-state index contributed by atoms with van der Waals surface area (Å²) in [5.74, 6) is 0.297. The van der Waals surface area contributed by atoms with Crippen molar-refractivity contribution in [2.45, 2.75) is 45.2 Å². The zero-order valence-electron chi connectivity index (χ0n) is 23.8. The molecule has 4 aromatic rings. The molecule has 9 nitrogen and oxygen atoms in total. The van der Waals surface area contributed by atoms with Crippen LogP contribution in [0.4, 0.5) is 5.69 Å². The Hall–Kier alpha value is -4.66. The number of fused-ring (bicyclic) bond motifs is 1. The Bertz CT molecular complexity index is 1670. The average Bonchev–Trinajstić information content (AvgIpc) is 3.02. The molecule has 0 spiro atoms. The van der Waals surface area contributed by atoms with E-state index in [-0.39, 0.29) is 42.3 Å². The van der Waals surface area contributed by atoms with Crippen LogP contribution in [-0.4, -0.2) is 34.6 Å². The van der Waals surface area contributed by atoms with Gasteiger partial charge in [0.2, 0.25) is 11.8 Å². The quantitative estimate of drug-likeness (QED) is 0.301. The largest absolute Gasteiger partial charge is 0.497 e. The Morgan fingerprint density at radius 1 is 0.881 bits per heavy atom. The van der Waals surface area contributed by atoms with Gasteiger partial charge in [0.05, 0.1) is 18.0 Å². The number of amides is 2. The number of carbonyl (C=O) groups is 2. The molecule has 2 amide bonds. The van der Waals surface area contributed by atoms with Crippen LogP contribution in [-0.2, 0) is 29.1 Å². The predicted molar refractivity (Wildman–Crippen MR) is 163 cm³/mol. The summed E-state index contributed by atoms with van der Waals surface area (Å²) in [5.41, 5.74) is 1.28. The lowest BCUT2D eigenvalue weighted by Crippen LogP contribution is -2.43. The zero-order valence-corrected chi connectivity index (χ0v) is 23.8. The number of methoxy groups -OCH3 is 1. The normalized spacial score (nSPS) is 16.6. The van der Waals surface area contributed by atoms with Crippen LogP contribution in [0, 0.1) is 11.8 Å². The van der Waals surface area contributed by atoms with Crippen molar-refractivity contribution in [2.24, 2.45) is 11.8 Å². The number of nitrogens with one attached hydrogen (secondary N) is 2. The highest BCUT2D eigenvalue weighted by Gasteiger charge is 2.27. The highest BCUT2D eigenvalue weighted by atomic mass is 16.5. The Morgan fingerprint density at radius 3 is 2.38 bits per heavy atom. The number of rotatable bonds is 10. The van der Waals surface area contributed by atoms with Gasteiger partial charge in [-0.25, -0.2) is 4.79 Å². The molecular formula is C33H36N4O5. The van der Waals surface area contributed by atoms with E-state index < -0.39 is 5.69 Å². The zero-order chi connectivity index (χ0) is 29.5. The van der Waals surface area contributed by atoms with Crippen LogP contribution in [0.15, 0.2) is 88.5 Å². The summed E-state index contributed by atoms with van der Waals surface area (Å²) < 4.78 is 7.83. The van der Waals surface area contributed by atoms with E-state index in [1.54, 1.807) is 55.6 Å². The summed E-state index contributed by atoms with van der Waals surface area (Å²) >= 11 is 0. The van der Waals surface area contributed by atoms with Crippen molar-refractivity contribution < 1.29 is 14.3 Å². The van der Waals surface area contributed by atoms with E-state index in [2.05, 4.69) is 10.6 Å². The van der Waals surface area contributed by atoms with E-state index in [0.717, 1.165) is 19.3 Å². The van der Waals surface area contributed by atoms with E-state index in [1.807, 2.05) is 30.3 Å². The Morgan fingerprint density at radius 2 is 1.62 bits per heavy atom. The maximum absolute atomic E-state index is 13.6. The molecular weight excluding hydrogens is 532 g/mol. The van der Waals surface area contributed by atoms with Gasteiger partial charge >= 0.3 is 5.69 Å². The number of aromatic nitrogens is 2. The van der Waals surface area contributed by atoms with Gasteiger partial charge in [0.1, 0.15) is 12.3 Å². The van der Waals surface area contributed by atoms with E-state index in [4.69, 9.17) is 4.74 Å². The molecule has 0 aliphatic heterocycles. The lowest BCUT2D eigenvalue weighted by Gasteiger charge is -2.28. The fourth-order valence-corrected chi connectivity index (χ4v) is 5.71. The number of benzene rings is 3. The van der Waals surface area contributed by atoms with E-state index in [0.29, 0.717) is 41.7 Å². The average molecular weight is 569 g/mol. The van der Waals surface area contributed by atoms with Gasteiger partial charge in [-0.15, -0.1) is 0 Å². The molecule has 0 atom stereocenters. The van der Waals surface area contributed by atoms with Gasteiger partial charge in [-0.1, -0.05) is 48.5 Å². The van der Waals surface area contributed by atoms with E-state index in [9.17, 15) is 19.2 Å². The molecule has 42 heavy (non-hydrogen) atoms. The van der Waals surface area contributed by atoms with Crippen molar-refractivity contribution in [3.8, 4) is 5.75 Å². The number of ether oxygens (including phenoxy) is 1. The highest BCUT2D eigenvalue weighted by molar-refractivity contribution is 5.91. The minimum atomic E-state index is -0.514. The third-order valence-corrected chi connectivity index (χ3v) is 8.00. The van der Waals surface area contributed by atoms with Crippen LogP contribution in [0.2, 0.25) is 0 Å². The van der Waals surface area contributed by atoms with Crippen molar-refractivity contribution in [2.75, 3.05) is 19.0 Å². The molecule has 2 N–H and O–H groups in total. The van der Waals surface area contributed by atoms with Crippen molar-refractivity contribution in [3.63, 3.8) is 0 Å². The third-order valence-electron chi connectivity index (χ3n) is 8.00. The summed E-state index contributed by atoms with van der Waals surface area (Å²) in [6, 6.07) is 23.9. The number of hydrogen-bond acceptors (Lipinski definition) is 5. The lowest BCUT2D eigenvalue weighted by atomic mass is 9.81. The molecule has 9 heteroatoms. The maximum Gasteiger partial charge on any atom is 0.331 e. The summed E-state index contributed by atoms with van der Waals surface area (Å²) in [5, 5.41) is 6.26. The molecule has 1 aliphatic rings. The minimum absolute atomic E-state index is 0.0663. The Kier molecular flexibility index (Phi) is 9.16. The first-order valence-electron chi connectivity index (χ1n) is 14.4. The van der Waals surface area contributed by atoms with Gasteiger partial charge in [0.25, 0.3) is 5.56 Å². The monoisotopic (exact) mass is 568 g/mol. The molecule has 1 aliphatic carbocycles. The second-order valence-electron chi connectivity index (χ2n) is 10.8. The first kappa shape index (κ1) is 28.9. The predicted octanol–water partition coefficient (Wildman–Crippen LogP) is 3.98. The van der Waals surface area contributed by atoms with Gasteiger partial charge in [-0.3, -0.25) is 23.5 Å². The van der Waals surface area contributed by atoms with Gasteiger partial charge in [-0.2, -0.15) is 0 Å². The molecule has 0 radical (unpaired) electrons. The first-order valence-corrected chi connectivity index (χ1v) is 14.4. The van der Waals surface area contributed by atoms with Crippen LogP contribution < -0.4 is 26.6 Å². The smallest absolute Gasteiger partial charge is 0.331 e. The van der Waals surface area contributed by atoms with Crippen molar-refractivity contribution >= 4 is 28.4 Å². The van der Waals surface area contributed by atoms with Crippen LogP contribution in [0.1, 0.15) is 31.2 Å². The molecule has 1 heterocycles. The molecule has 0 saturated heterocycles. The molecule has 0 bridgehead atoms. The highest BCUT2D eigenvalue weighted by Crippen LogP contribution is 2.29. The van der Waals surface area contributed by atoms with E-state index >= 15 is 0 Å². The molecule has 1 fully saturated rings. The Balaban J connectivity index is 1.25. The van der Waals surface area contributed by atoms with Crippen molar-refractivity contribution in [1.29, 1.82) is 0 Å². The minimum Gasteiger partial charge on any atom is -0.497 e. The lowest BCUT2D eigenvalue weighted by molar-refractivity contribution is -0.126. The second-order valence-corrected chi connectivity index (χ2v) is 10.8. The van der Waals surface area contributed by atoms with Crippen LogP contribution in [0.25, 0.3) is 10.9 Å². The number of carbonyl (C=O) groups excluding carboxylic acids is 2. The SMILES string of the molecule is COc1cccc(NC(=O)Cn2c(=O)n(CC3CCC(C(=O)NCCc4ccccc4)CC3)c(=O)c3ccccc32)c1. The van der Waals surface area contributed by atoms with Crippen molar-refractivity contribution in [1.82, 2.24) is 14.5 Å². The first-order chi connectivity index (χ1) is 20.4. The summed E-state index contributed by atoms with van der Waals surface area (Å²) in [4.78, 5) is 52.8. The number of para-hydroxylation sites is 1. The topological polar surface area (TPSA) is 111 Å². The molecule has 0 unspecified atom stereocenters. The number of nitrogens with zero attached hydrogens (tertiary/aromatic N) is 2. The standard InChI is InChI=1S/C33H36N4O5/c1-42-27-11-7-10-26(20-27)35-30(38)22-36-29-13-6-5-12-28(29)32(40)37(33(36)41)21-24-14-16-25(17-15-24)31(39)34-19-18-23-8-3-2-4-9-23/h2-13,20,24-25H,14-19,21-22H2,1H3,(H,34,39)(H,35,38). The van der Waals surface area contributed by atoms with Gasteiger partial charge in [-0.05, 0) is 67.9 Å². The van der Waals surface area contributed by atoms with Gasteiger partial charge in [0.15, 0.2) is 0 Å². The third kappa shape index (κ3) is 6.79. The molecule has 218 valence electrons.